The van der Waals surface area contributed by atoms with Gasteiger partial charge in [0, 0.05) is 51.4 Å². The van der Waals surface area contributed by atoms with E-state index in [0.29, 0.717) is 0 Å². The fourth-order valence-corrected chi connectivity index (χ4v) is 11.5. The van der Waals surface area contributed by atoms with Crippen LogP contribution >= 0.6 is 0 Å². The number of esters is 3. The van der Waals surface area contributed by atoms with E-state index in [0.717, 1.165) is 6.92 Å². The number of amides is 4. The second kappa shape index (κ2) is 27.3. The van der Waals surface area contributed by atoms with Gasteiger partial charge in [-0.2, -0.15) is 0 Å². The van der Waals surface area contributed by atoms with E-state index in [-0.39, 0.29) is 29.8 Å². The number of benzene rings is 1. The maximum atomic E-state index is 13.6. The summed E-state index contributed by atoms with van der Waals surface area (Å²) in [6, 6.07) is 6.18. The Hall–Kier alpha value is -5.42. The van der Waals surface area contributed by atoms with E-state index in [9.17, 15) is 43.5 Å². The molecule has 5 saturated heterocycles. The zero-order chi connectivity index (χ0) is 60.1. The van der Waals surface area contributed by atoms with Crippen LogP contribution in [0.2, 0.25) is 0 Å². The van der Waals surface area contributed by atoms with Crippen molar-refractivity contribution in [2.24, 2.45) is 47.0 Å². The molecule has 81 heavy (non-hydrogen) atoms. The molecule has 5 aliphatic rings. The van der Waals surface area contributed by atoms with Crippen LogP contribution in [0.4, 0.5) is 4.79 Å². The molecule has 7 N–H and O–H groups in total. The van der Waals surface area contributed by atoms with Crippen LogP contribution in [0.15, 0.2) is 30.3 Å². The summed E-state index contributed by atoms with van der Waals surface area (Å²) in [5.74, 6) is -7.36. The van der Waals surface area contributed by atoms with Crippen molar-refractivity contribution in [3.63, 3.8) is 0 Å². The van der Waals surface area contributed by atoms with Crippen molar-refractivity contribution >= 4 is 47.5 Å². The number of carbonyl (C=O) groups excluding carboxylic acids is 8. The van der Waals surface area contributed by atoms with Gasteiger partial charge >= 0.3 is 24.0 Å². The van der Waals surface area contributed by atoms with Gasteiger partial charge in [-0.25, -0.2) is 9.59 Å². The van der Waals surface area contributed by atoms with Gasteiger partial charge in [0.1, 0.15) is 30.5 Å². The van der Waals surface area contributed by atoms with Gasteiger partial charge in [0.15, 0.2) is 55.4 Å². The molecule has 454 valence electrons. The number of hydrogen-bond acceptors (Lipinski definition) is 22. The van der Waals surface area contributed by atoms with Gasteiger partial charge in [0.2, 0.25) is 17.7 Å². The van der Waals surface area contributed by atoms with Gasteiger partial charge in [-0.1, -0.05) is 59.7 Å². The minimum atomic E-state index is -2.33. The lowest BCUT2D eigenvalue weighted by molar-refractivity contribution is -0.357. The summed E-state index contributed by atoms with van der Waals surface area (Å²) < 4.78 is 81.6. The summed E-state index contributed by atoms with van der Waals surface area (Å²) in [6.45, 7) is 21.0. The van der Waals surface area contributed by atoms with Crippen LogP contribution in [-0.2, 0) is 90.3 Å². The third kappa shape index (κ3) is 15.2. The van der Waals surface area contributed by atoms with E-state index in [1.807, 2.05) is 27.7 Å². The van der Waals surface area contributed by atoms with E-state index in [1.54, 1.807) is 51.1 Å². The number of aliphatic hydroxyl groups is 1. The molecule has 26 nitrogen and oxygen atoms in total. The molecule has 25 atom stereocenters. The predicted octanol–water partition coefficient (Wildman–Crippen LogP) is 1.70. The molecule has 0 radical (unpaired) electrons. The number of primary amides is 2. The van der Waals surface area contributed by atoms with E-state index >= 15 is 0 Å². The van der Waals surface area contributed by atoms with Crippen LogP contribution in [0.3, 0.4) is 0 Å². The van der Waals surface area contributed by atoms with Crippen LogP contribution in [0.5, 0.6) is 0 Å². The molecule has 5 aliphatic heterocycles. The minimum absolute atomic E-state index is 0.159. The van der Waals surface area contributed by atoms with Crippen molar-refractivity contribution in [2.45, 2.75) is 213 Å². The number of nitrogens with one attached hydrogen (secondary N) is 2. The first kappa shape index (κ1) is 64.7. The van der Waals surface area contributed by atoms with Crippen LogP contribution in [0.1, 0.15) is 107 Å². The standard InChI is InChI=1S/C55H82N4O22/c1-22-23(2)43(73-34(13)64)52(74-36(22)20-69-33(12)63)70-21-37-42(27(6)39(59-32(11)62)51(75-37)80-45-30(9)71-47(48(56)65)55(14,68)46(45)81-54(57)67)79-50-38(58-31(10)61)26(5)41(29(8)72-50)78-53-44(25(4)24(3)40(77-53)28(7)60)76-49(66)35-18-16-15-17-19-35/h15-19,22-27,29-30,36-47,50-53,68H,20-21H2,1-14H3,(H2,56,65)(H2,57,67)(H,58,61)(H,59,62)/t22-,23+,24-,25+,26-,27-,29?,30+,36?,37?,38?,39?,40?,41-,42-,43?,44?,45?,46-,47?,50+,51+,52-,53+,55+/m1/s1. The molecule has 10 unspecified atom stereocenters. The normalized spacial score (nSPS) is 40.6. The van der Waals surface area contributed by atoms with Crippen molar-refractivity contribution in [3.05, 3.63) is 35.9 Å². The molecule has 5 fully saturated rings. The second-order valence-corrected chi connectivity index (χ2v) is 22.4. The third-order valence-electron chi connectivity index (χ3n) is 16.3. The van der Waals surface area contributed by atoms with Crippen molar-refractivity contribution in [1.29, 1.82) is 0 Å². The number of hydrogen-bond donors (Lipinski definition) is 5. The third-order valence-corrected chi connectivity index (χ3v) is 16.3. The van der Waals surface area contributed by atoms with Gasteiger partial charge in [-0.15, -0.1) is 0 Å². The maximum Gasteiger partial charge on any atom is 0.404 e. The van der Waals surface area contributed by atoms with Gasteiger partial charge < -0.3 is 88.8 Å². The Labute approximate surface area is 471 Å². The molecule has 26 heteroatoms. The number of nitrogens with two attached hydrogens (primary N) is 2. The summed E-state index contributed by atoms with van der Waals surface area (Å²) in [7, 11) is 0. The van der Waals surface area contributed by atoms with Crippen molar-refractivity contribution in [3.8, 4) is 0 Å². The number of Topliss-reactive ketones (excluding diaryl/α,β-unsaturated/α-hetero) is 1. The van der Waals surface area contributed by atoms with Gasteiger partial charge in [-0.05, 0) is 51.7 Å². The van der Waals surface area contributed by atoms with E-state index in [4.69, 9.17) is 73.0 Å². The van der Waals surface area contributed by atoms with E-state index in [1.165, 1.54) is 41.5 Å². The molecule has 0 saturated carbocycles. The topological polar surface area (TPSA) is 353 Å². The summed E-state index contributed by atoms with van der Waals surface area (Å²) in [5, 5.41) is 17.6. The first-order valence-corrected chi connectivity index (χ1v) is 27.4. The lowest BCUT2D eigenvalue weighted by atomic mass is 9.81. The molecule has 0 spiro atoms. The maximum absolute atomic E-state index is 13.6. The highest BCUT2D eigenvalue weighted by atomic mass is 16.8. The van der Waals surface area contributed by atoms with Crippen molar-refractivity contribution in [1.82, 2.24) is 10.6 Å². The fraction of sp³-hybridized carbons (Fsp3) is 0.745. The molecular weight excluding hydrogens is 1070 g/mol. The highest BCUT2D eigenvalue weighted by Crippen LogP contribution is 2.42. The summed E-state index contributed by atoms with van der Waals surface area (Å²) in [4.78, 5) is 103. The first-order chi connectivity index (χ1) is 37.9. The quantitative estimate of drug-likeness (QED) is 0.0972. The fourth-order valence-electron chi connectivity index (χ4n) is 11.5. The average molecular weight is 1150 g/mol. The van der Waals surface area contributed by atoms with Gasteiger partial charge in [-0.3, -0.25) is 28.8 Å². The molecule has 5 heterocycles. The zero-order valence-corrected chi connectivity index (χ0v) is 48.3. The lowest BCUT2D eigenvalue weighted by Gasteiger charge is -2.52. The van der Waals surface area contributed by atoms with Gasteiger partial charge in [0.25, 0.3) is 0 Å². The molecule has 0 aliphatic carbocycles. The zero-order valence-electron chi connectivity index (χ0n) is 48.3. The summed E-state index contributed by atoms with van der Waals surface area (Å²) >= 11 is 0. The SMILES string of the molecule is CC(=O)NC1[C@H](O[C@H]2C(CO[C@@H]3OC(COC(C)=O)[C@H](C)[C@H](C)C3OC(C)=O)O[C@@H](OC3[C@H](C)OC(C(N)=O)[C@@](C)(O)[C@@H]3OC(N)=O)C(NC(C)=O)[C@H]2C)OC(C)[C@H](O[C@@H]2OC(C(C)=O)[C@H](C)[C@H](C)C2OC(=O)c2ccccc2)[C@@H]1C. The Morgan fingerprint density at radius 1 is 0.556 bits per heavy atom. The van der Waals surface area contributed by atoms with Crippen molar-refractivity contribution in [2.75, 3.05) is 13.2 Å². The molecule has 0 bridgehead atoms. The first-order valence-electron chi connectivity index (χ1n) is 27.4. The van der Waals surface area contributed by atoms with Crippen LogP contribution in [-0.4, -0.2) is 182 Å². The van der Waals surface area contributed by atoms with E-state index < -0.39 is 188 Å². The summed E-state index contributed by atoms with van der Waals surface area (Å²) in [5.41, 5.74) is 9.07. The summed E-state index contributed by atoms with van der Waals surface area (Å²) in [6.07, 6.45) is -20.8. The Bertz CT molecular complexity index is 2400. The molecule has 4 amide bonds. The Morgan fingerprint density at radius 2 is 1.09 bits per heavy atom. The Morgan fingerprint density at radius 3 is 1.64 bits per heavy atom. The highest BCUT2D eigenvalue weighted by Gasteiger charge is 2.60. The predicted molar refractivity (Wildman–Crippen MR) is 278 cm³/mol. The monoisotopic (exact) mass is 1150 g/mol. The molecule has 1 aromatic rings. The number of ether oxygens (including phenoxy) is 13. The average Bonchev–Trinajstić information content (AvgIpc) is 3.52. The molecule has 0 aromatic heterocycles. The van der Waals surface area contributed by atoms with Crippen LogP contribution in [0.25, 0.3) is 0 Å². The second-order valence-electron chi connectivity index (χ2n) is 22.4. The van der Waals surface area contributed by atoms with Crippen LogP contribution < -0.4 is 22.1 Å². The van der Waals surface area contributed by atoms with Gasteiger partial charge in [0.05, 0.1) is 54.8 Å². The number of rotatable bonds is 19. The Balaban J connectivity index is 1.37. The molecule has 6 rings (SSSR count). The lowest BCUT2D eigenvalue weighted by Crippen LogP contribution is -2.71. The van der Waals surface area contributed by atoms with Crippen LogP contribution in [0, 0.1) is 35.5 Å². The molecule has 1 aromatic carbocycles. The minimum Gasteiger partial charge on any atom is -0.463 e. The van der Waals surface area contributed by atoms with Crippen molar-refractivity contribution < 1.29 is 105 Å². The number of ketones is 1. The van der Waals surface area contributed by atoms with E-state index in [2.05, 4.69) is 10.6 Å². The molecular formula is C55H82N4O22. The largest absolute Gasteiger partial charge is 0.463 e. The number of carbonyl (C=O) groups is 8. The smallest absolute Gasteiger partial charge is 0.404 e. The highest BCUT2D eigenvalue weighted by molar-refractivity contribution is 5.89. The Kier molecular flexibility index (Phi) is 21.8.